The van der Waals surface area contributed by atoms with Crippen molar-refractivity contribution in [2.75, 3.05) is 32.8 Å². The number of terminal acetylenes is 1. The molecule has 5 nitrogen and oxygen atoms in total. The fraction of sp³-hybridized carbons (Fsp3) is 0.448. The highest BCUT2D eigenvalue weighted by Gasteiger charge is 2.25. The molecule has 1 unspecified atom stereocenters. The Balaban J connectivity index is 1.15. The summed E-state index contributed by atoms with van der Waals surface area (Å²) in [5.41, 5.74) is 2.06. The third-order valence-corrected chi connectivity index (χ3v) is 9.02. The van der Waals surface area contributed by atoms with Gasteiger partial charge in [0.25, 0.3) is 0 Å². The van der Waals surface area contributed by atoms with Crippen LogP contribution in [0.2, 0.25) is 0 Å². The molecule has 0 spiro atoms. The maximum atomic E-state index is 13.0. The zero-order valence-electron chi connectivity index (χ0n) is 20.6. The number of aromatic nitrogens is 1. The molecule has 2 aliphatic rings. The number of hydrogen-bond donors (Lipinski definition) is 0. The number of hydrogen-bond acceptors (Lipinski definition) is 3. The Morgan fingerprint density at radius 2 is 1.86 bits per heavy atom. The topological polar surface area (TPSA) is 37.7 Å². The molecule has 3 heterocycles. The molecule has 0 amide bonds. The lowest BCUT2D eigenvalue weighted by Gasteiger charge is -2.32. The number of nitrogens with zero attached hydrogens (tertiary/aromatic N) is 3. The van der Waals surface area contributed by atoms with Gasteiger partial charge in [0, 0.05) is 54.4 Å². The molecule has 1 aromatic heterocycles. The maximum Gasteiger partial charge on any atom is 0.127 e. The molecule has 6 heteroatoms. The standard InChI is InChI=1S/C29H35N3O2S/c1-3-24-7-10-28(11-8-24)35(33)31-18-14-26(15-19-31)32-20-13-25-22-27(9-12-29(25)32)34-21-5-17-30-16-4-6-23(30)2/h1,7-13,20,22-23,26H,4-6,14-19,21H2,2H3/t23-,35?/m1/s1. The average Bonchev–Trinajstić information content (AvgIpc) is 3.52. The predicted octanol–water partition coefficient (Wildman–Crippen LogP) is 5.24. The van der Waals surface area contributed by atoms with Gasteiger partial charge < -0.3 is 14.2 Å². The van der Waals surface area contributed by atoms with Crippen molar-refractivity contribution in [3.8, 4) is 18.1 Å². The fourth-order valence-electron chi connectivity index (χ4n) is 5.44. The highest BCUT2D eigenvalue weighted by molar-refractivity contribution is 7.82. The lowest BCUT2D eigenvalue weighted by Crippen LogP contribution is -2.35. The number of rotatable bonds is 8. The summed E-state index contributed by atoms with van der Waals surface area (Å²) in [4.78, 5) is 3.39. The molecule has 2 atom stereocenters. The summed E-state index contributed by atoms with van der Waals surface area (Å²) >= 11 is 0. The molecule has 0 radical (unpaired) electrons. The summed E-state index contributed by atoms with van der Waals surface area (Å²) in [7, 11) is -1.14. The van der Waals surface area contributed by atoms with E-state index in [2.05, 4.69) is 57.1 Å². The molecule has 2 saturated heterocycles. The summed E-state index contributed by atoms with van der Waals surface area (Å²) < 4.78 is 23.5. The zero-order chi connectivity index (χ0) is 24.2. The summed E-state index contributed by atoms with van der Waals surface area (Å²) in [5.74, 6) is 3.56. The molecule has 0 bridgehead atoms. The van der Waals surface area contributed by atoms with E-state index in [9.17, 15) is 4.21 Å². The van der Waals surface area contributed by atoms with Crippen LogP contribution >= 0.6 is 0 Å². The second-order valence-corrected chi connectivity index (χ2v) is 11.2. The maximum absolute atomic E-state index is 13.0. The van der Waals surface area contributed by atoms with Crippen LogP contribution in [0.1, 0.15) is 50.6 Å². The minimum atomic E-state index is -1.14. The van der Waals surface area contributed by atoms with Gasteiger partial charge in [-0.1, -0.05) is 5.92 Å². The number of piperidine rings is 1. The van der Waals surface area contributed by atoms with Gasteiger partial charge in [-0.15, -0.1) is 6.42 Å². The van der Waals surface area contributed by atoms with E-state index in [1.807, 2.05) is 24.3 Å². The Bertz CT molecular complexity index is 1200. The lowest BCUT2D eigenvalue weighted by molar-refractivity contribution is 0.230. The molecular weight excluding hydrogens is 454 g/mol. The Hall–Kier alpha value is -2.59. The first-order chi connectivity index (χ1) is 17.1. The lowest BCUT2D eigenvalue weighted by atomic mass is 10.1. The summed E-state index contributed by atoms with van der Waals surface area (Å²) in [6, 6.07) is 17.2. The van der Waals surface area contributed by atoms with Crippen molar-refractivity contribution in [2.24, 2.45) is 0 Å². The highest BCUT2D eigenvalue weighted by atomic mass is 32.2. The zero-order valence-corrected chi connectivity index (χ0v) is 21.4. The molecular formula is C29H35N3O2S. The number of fused-ring (bicyclic) bond motifs is 1. The molecule has 0 N–H and O–H groups in total. The fourth-order valence-corrected chi connectivity index (χ4v) is 6.65. The molecule has 5 rings (SSSR count). The van der Waals surface area contributed by atoms with Gasteiger partial charge in [-0.25, -0.2) is 8.51 Å². The van der Waals surface area contributed by atoms with Crippen LogP contribution in [0, 0.1) is 12.3 Å². The number of likely N-dealkylation sites (tertiary alicyclic amines) is 1. The van der Waals surface area contributed by atoms with Crippen LogP contribution in [0.5, 0.6) is 5.75 Å². The Kier molecular flexibility index (Phi) is 7.57. The van der Waals surface area contributed by atoms with Crippen molar-refractivity contribution in [2.45, 2.75) is 56.0 Å². The van der Waals surface area contributed by atoms with E-state index in [-0.39, 0.29) is 0 Å². The molecule has 0 aliphatic carbocycles. The average molecular weight is 490 g/mol. The highest BCUT2D eigenvalue weighted by Crippen LogP contribution is 2.31. The van der Waals surface area contributed by atoms with Crippen molar-refractivity contribution in [1.29, 1.82) is 0 Å². The van der Waals surface area contributed by atoms with Crippen molar-refractivity contribution in [3.05, 3.63) is 60.3 Å². The van der Waals surface area contributed by atoms with Gasteiger partial charge in [0.15, 0.2) is 0 Å². The van der Waals surface area contributed by atoms with Gasteiger partial charge in [-0.05, 0) is 94.1 Å². The first-order valence-electron chi connectivity index (χ1n) is 12.8. The van der Waals surface area contributed by atoms with E-state index in [4.69, 9.17) is 11.2 Å². The van der Waals surface area contributed by atoms with Crippen LogP contribution in [0.3, 0.4) is 0 Å². The minimum Gasteiger partial charge on any atom is -0.494 e. The first-order valence-corrected chi connectivity index (χ1v) is 13.9. The van der Waals surface area contributed by atoms with Crippen LogP contribution in [-0.2, 0) is 11.0 Å². The van der Waals surface area contributed by atoms with Crippen molar-refractivity contribution in [1.82, 2.24) is 13.8 Å². The Morgan fingerprint density at radius 3 is 2.57 bits per heavy atom. The first kappa shape index (κ1) is 24.1. The normalized spacial score (nSPS) is 20.7. The summed E-state index contributed by atoms with van der Waals surface area (Å²) in [5, 5.41) is 1.22. The monoisotopic (exact) mass is 489 g/mol. The third kappa shape index (κ3) is 5.48. The molecule has 35 heavy (non-hydrogen) atoms. The molecule has 0 saturated carbocycles. The van der Waals surface area contributed by atoms with Gasteiger partial charge in [0.2, 0.25) is 0 Å². The molecule has 184 valence electrons. The number of benzene rings is 2. The molecule has 2 fully saturated rings. The van der Waals surface area contributed by atoms with E-state index in [0.29, 0.717) is 6.04 Å². The van der Waals surface area contributed by atoms with E-state index in [1.165, 1.54) is 30.3 Å². The van der Waals surface area contributed by atoms with Gasteiger partial charge in [-0.3, -0.25) is 0 Å². The third-order valence-electron chi connectivity index (χ3n) is 7.51. The minimum absolute atomic E-state index is 0.416. The van der Waals surface area contributed by atoms with Crippen LogP contribution in [0.4, 0.5) is 0 Å². The van der Waals surface area contributed by atoms with E-state index in [0.717, 1.165) is 67.8 Å². The molecule has 2 aromatic carbocycles. The van der Waals surface area contributed by atoms with Crippen molar-refractivity contribution >= 4 is 21.9 Å². The Labute approximate surface area is 211 Å². The SMILES string of the molecule is C#Cc1ccc(S(=O)N2CCC(n3ccc4cc(OCCCN5CCC[C@H]5C)ccc43)CC2)cc1. The second-order valence-electron chi connectivity index (χ2n) is 9.75. The Morgan fingerprint density at radius 1 is 1.06 bits per heavy atom. The van der Waals surface area contributed by atoms with Crippen molar-refractivity contribution in [3.63, 3.8) is 0 Å². The molecule has 3 aromatic rings. The van der Waals surface area contributed by atoms with E-state index in [1.54, 1.807) is 0 Å². The van der Waals surface area contributed by atoms with Crippen molar-refractivity contribution < 1.29 is 8.95 Å². The van der Waals surface area contributed by atoms with Crippen LogP contribution in [0.15, 0.2) is 59.6 Å². The van der Waals surface area contributed by atoms with Gasteiger partial charge >= 0.3 is 0 Å². The smallest absolute Gasteiger partial charge is 0.127 e. The second kappa shape index (κ2) is 11.0. The van der Waals surface area contributed by atoms with Crippen LogP contribution < -0.4 is 4.74 Å². The van der Waals surface area contributed by atoms with E-state index >= 15 is 0 Å². The van der Waals surface area contributed by atoms with Gasteiger partial charge in [0.1, 0.15) is 16.7 Å². The quantitative estimate of drug-likeness (QED) is 0.321. The van der Waals surface area contributed by atoms with E-state index < -0.39 is 11.0 Å². The summed E-state index contributed by atoms with van der Waals surface area (Å²) in [6.45, 7) is 7.06. The predicted molar refractivity (Wildman–Crippen MR) is 143 cm³/mol. The largest absolute Gasteiger partial charge is 0.494 e. The summed E-state index contributed by atoms with van der Waals surface area (Å²) in [6.07, 6.45) is 13.3. The van der Waals surface area contributed by atoms with Crippen LogP contribution in [0.25, 0.3) is 10.9 Å². The van der Waals surface area contributed by atoms with Gasteiger partial charge in [0.05, 0.1) is 11.5 Å². The van der Waals surface area contributed by atoms with Gasteiger partial charge in [-0.2, -0.15) is 0 Å². The van der Waals surface area contributed by atoms with Crippen LogP contribution in [-0.4, -0.2) is 56.8 Å². The molecule has 2 aliphatic heterocycles. The number of ether oxygens (including phenoxy) is 1.